The molecule has 29 heavy (non-hydrogen) atoms. The lowest BCUT2D eigenvalue weighted by atomic mass is 10.1. The third-order valence-corrected chi connectivity index (χ3v) is 6.72. The lowest BCUT2D eigenvalue weighted by Gasteiger charge is -2.18. The smallest absolute Gasteiger partial charge is 0.270 e. The van der Waals surface area contributed by atoms with Gasteiger partial charge in [0.15, 0.2) is 15.8 Å². The van der Waals surface area contributed by atoms with Gasteiger partial charge >= 0.3 is 0 Å². The second kappa shape index (κ2) is 7.39. The van der Waals surface area contributed by atoms with Gasteiger partial charge in [0.2, 0.25) is 6.79 Å². The lowest BCUT2D eigenvalue weighted by Crippen LogP contribution is -2.27. The first-order valence-corrected chi connectivity index (χ1v) is 10.9. The predicted octanol–water partition coefficient (Wildman–Crippen LogP) is 4.73. The number of amides is 1. The summed E-state index contributed by atoms with van der Waals surface area (Å²) in [7, 11) is 0. The molecular formula is C22H20N2O3S2. The monoisotopic (exact) mass is 424 g/mol. The van der Waals surface area contributed by atoms with Gasteiger partial charge in [0.1, 0.15) is 0 Å². The van der Waals surface area contributed by atoms with Gasteiger partial charge in [-0.25, -0.2) is 0 Å². The first kappa shape index (κ1) is 18.5. The van der Waals surface area contributed by atoms with E-state index < -0.39 is 0 Å². The fourth-order valence-electron chi connectivity index (χ4n) is 3.85. The molecule has 0 spiro atoms. The van der Waals surface area contributed by atoms with Crippen LogP contribution in [-0.4, -0.2) is 30.1 Å². The van der Waals surface area contributed by atoms with E-state index in [1.54, 1.807) is 17.0 Å². The maximum atomic E-state index is 13.1. The standard InChI is InChI=1S/C22H20N2O3S2/c1-14-10-16(23-8-2-3-9-23)5-4-15(14)11-20-21(25)24(22(28)29-20)17-6-7-18-19(12-17)27-13-26-18/h4-7,10-12H,2-3,8-9,13H2,1H3/b20-11+. The van der Waals surface area contributed by atoms with Crippen molar-refractivity contribution in [2.75, 3.05) is 29.7 Å². The number of rotatable bonds is 3. The molecule has 5 nitrogen and oxygen atoms in total. The highest BCUT2D eigenvalue weighted by Gasteiger charge is 2.34. The highest BCUT2D eigenvalue weighted by molar-refractivity contribution is 8.27. The average Bonchev–Trinajstić information content (AvgIpc) is 3.44. The molecule has 0 atom stereocenters. The Labute approximate surface area is 179 Å². The Hall–Kier alpha value is -2.51. The van der Waals surface area contributed by atoms with Crippen LogP contribution in [0.4, 0.5) is 11.4 Å². The molecule has 1 amide bonds. The molecule has 3 heterocycles. The molecule has 148 valence electrons. The molecule has 0 aromatic heterocycles. The van der Waals surface area contributed by atoms with Crippen LogP contribution >= 0.6 is 24.0 Å². The van der Waals surface area contributed by atoms with Crippen LogP contribution < -0.4 is 19.3 Å². The van der Waals surface area contributed by atoms with Crippen LogP contribution in [0, 0.1) is 6.92 Å². The molecule has 0 bridgehead atoms. The summed E-state index contributed by atoms with van der Waals surface area (Å²) in [5.74, 6) is 1.21. The number of carbonyl (C=O) groups excluding carboxylic acids is 1. The fraction of sp³-hybridized carbons (Fsp3) is 0.273. The van der Waals surface area contributed by atoms with Crippen LogP contribution in [0.25, 0.3) is 6.08 Å². The second-order valence-corrected chi connectivity index (χ2v) is 8.97. The Morgan fingerprint density at radius 1 is 1.03 bits per heavy atom. The van der Waals surface area contributed by atoms with Crippen molar-refractivity contribution in [3.63, 3.8) is 0 Å². The molecule has 2 aromatic carbocycles. The van der Waals surface area contributed by atoms with Gasteiger partial charge in [-0.1, -0.05) is 30.0 Å². The van der Waals surface area contributed by atoms with E-state index >= 15 is 0 Å². The van der Waals surface area contributed by atoms with Gasteiger partial charge in [-0.15, -0.1) is 0 Å². The molecule has 0 N–H and O–H groups in total. The normalized spacial score (nSPS) is 19.7. The van der Waals surface area contributed by atoms with E-state index in [2.05, 4.69) is 30.0 Å². The van der Waals surface area contributed by atoms with E-state index in [0.29, 0.717) is 26.4 Å². The van der Waals surface area contributed by atoms with E-state index in [-0.39, 0.29) is 12.7 Å². The SMILES string of the molecule is Cc1cc(N2CCCC2)ccc1/C=C1/SC(=S)N(c2ccc3c(c2)OCO3)C1=O. The Morgan fingerprint density at radius 2 is 1.79 bits per heavy atom. The molecule has 7 heteroatoms. The zero-order chi connectivity index (χ0) is 20.0. The highest BCUT2D eigenvalue weighted by atomic mass is 32.2. The first-order chi connectivity index (χ1) is 14.1. The molecule has 0 radical (unpaired) electrons. The van der Waals surface area contributed by atoms with Crippen molar-refractivity contribution in [3.8, 4) is 11.5 Å². The number of thioether (sulfide) groups is 1. The van der Waals surface area contributed by atoms with Crippen LogP contribution in [0.5, 0.6) is 11.5 Å². The summed E-state index contributed by atoms with van der Waals surface area (Å²) in [5.41, 5.74) is 4.15. The van der Waals surface area contributed by atoms with Crippen LogP contribution in [0.3, 0.4) is 0 Å². The third kappa shape index (κ3) is 3.38. The van der Waals surface area contributed by atoms with Gasteiger partial charge in [-0.2, -0.15) is 0 Å². The minimum Gasteiger partial charge on any atom is -0.454 e. The minimum atomic E-state index is -0.109. The number of ether oxygens (including phenoxy) is 2. The molecule has 0 aliphatic carbocycles. The molecule has 3 aliphatic rings. The van der Waals surface area contributed by atoms with E-state index in [0.717, 1.165) is 24.2 Å². The summed E-state index contributed by atoms with van der Waals surface area (Å²) in [6.45, 7) is 4.52. The Balaban J connectivity index is 1.41. The van der Waals surface area contributed by atoms with Crippen LogP contribution in [-0.2, 0) is 4.79 Å². The number of hydrogen-bond acceptors (Lipinski definition) is 6. The van der Waals surface area contributed by atoms with Gasteiger partial charge in [0.25, 0.3) is 5.91 Å². The predicted molar refractivity (Wildman–Crippen MR) is 121 cm³/mol. The first-order valence-electron chi connectivity index (χ1n) is 9.63. The minimum absolute atomic E-state index is 0.109. The summed E-state index contributed by atoms with van der Waals surface area (Å²) < 4.78 is 11.3. The van der Waals surface area contributed by atoms with Gasteiger partial charge in [0, 0.05) is 24.8 Å². The zero-order valence-corrected chi connectivity index (χ0v) is 17.6. The number of anilines is 2. The van der Waals surface area contributed by atoms with Crippen molar-refractivity contribution in [3.05, 3.63) is 52.4 Å². The van der Waals surface area contributed by atoms with Crippen LogP contribution in [0.2, 0.25) is 0 Å². The molecule has 2 fully saturated rings. The van der Waals surface area contributed by atoms with Crippen molar-refractivity contribution in [2.24, 2.45) is 0 Å². The van der Waals surface area contributed by atoms with E-state index in [4.69, 9.17) is 21.7 Å². The third-order valence-electron chi connectivity index (χ3n) is 5.42. The summed E-state index contributed by atoms with van der Waals surface area (Å²) in [4.78, 5) is 17.7. The summed E-state index contributed by atoms with van der Waals surface area (Å²) in [5, 5.41) is 0. The summed E-state index contributed by atoms with van der Waals surface area (Å²) >= 11 is 6.82. The number of benzene rings is 2. The largest absolute Gasteiger partial charge is 0.454 e. The van der Waals surface area contributed by atoms with Gasteiger partial charge in [-0.05, 0) is 61.2 Å². The molecule has 2 saturated heterocycles. The number of aryl methyl sites for hydroxylation is 1. The number of thiocarbonyl (C=S) groups is 1. The van der Waals surface area contributed by atoms with Crippen molar-refractivity contribution in [1.82, 2.24) is 0 Å². The number of nitrogens with zero attached hydrogens (tertiary/aromatic N) is 2. The maximum Gasteiger partial charge on any atom is 0.270 e. The Bertz CT molecular complexity index is 1040. The number of carbonyl (C=O) groups is 1. The molecule has 3 aliphatic heterocycles. The van der Waals surface area contributed by atoms with E-state index in [1.807, 2.05) is 12.1 Å². The van der Waals surface area contributed by atoms with Crippen molar-refractivity contribution >= 4 is 51.7 Å². The summed E-state index contributed by atoms with van der Waals surface area (Å²) in [6, 6.07) is 11.9. The second-order valence-electron chi connectivity index (χ2n) is 7.29. The Morgan fingerprint density at radius 3 is 2.59 bits per heavy atom. The van der Waals surface area contributed by atoms with E-state index in [9.17, 15) is 4.79 Å². The lowest BCUT2D eigenvalue weighted by molar-refractivity contribution is -0.113. The van der Waals surface area contributed by atoms with Gasteiger partial charge in [-0.3, -0.25) is 9.69 Å². The van der Waals surface area contributed by atoms with Crippen LogP contribution in [0.15, 0.2) is 41.3 Å². The van der Waals surface area contributed by atoms with Crippen molar-refractivity contribution < 1.29 is 14.3 Å². The molecular weight excluding hydrogens is 404 g/mol. The summed E-state index contributed by atoms with van der Waals surface area (Å²) in [6.07, 6.45) is 4.45. The van der Waals surface area contributed by atoms with Gasteiger partial charge < -0.3 is 14.4 Å². The highest BCUT2D eigenvalue weighted by Crippen LogP contribution is 2.41. The van der Waals surface area contributed by atoms with E-state index in [1.165, 1.54) is 30.3 Å². The molecule has 5 rings (SSSR count). The number of hydrogen-bond donors (Lipinski definition) is 0. The maximum absolute atomic E-state index is 13.1. The fourth-order valence-corrected chi connectivity index (χ4v) is 5.14. The zero-order valence-electron chi connectivity index (χ0n) is 16.0. The average molecular weight is 425 g/mol. The topological polar surface area (TPSA) is 42.0 Å². The molecule has 0 unspecified atom stereocenters. The molecule has 0 saturated carbocycles. The molecule has 2 aromatic rings. The van der Waals surface area contributed by atoms with Gasteiger partial charge in [0.05, 0.1) is 10.6 Å². The number of fused-ring (bicyclic) bond motifs is 1. The van der Waals surface area contributed by atoms with Crippen molar-refractivity contribution in [2.45, 2.75) is 19.8 Å². The van der Waals surface area contributed by atoms with Crippen LogP contribution in [0.1, 0.15) is 24.0 Å². The van der Waals surface area contributed by atoms with Crippen molar-refractivity contribution in [1.29, 1.82) is 0 Å². The Kier molecular flexibility index (Phi) is 4.72. The quantitative estimate of drug-likeness (QED) is 0.524.